The van der Waals surface area contributed by atoms with Gasteiger partial charge in [0.1, 0.15) is 0 Å². The second kappa shape index (κ2) is 8.67. The molecule has 2 aromatic carbocycles. The Bertz CT molecular complexity index is 951. The highest BCUT2D eigenvalue weighted by Gasteiger charge is 2.38. The number of carbonyl (C=O) groups excluding carboxylic acids is 1. The van der Waals surface area contributed by atoms with Crippen LogP contribution in [0.4, 0.5) is 5.69 Å². The zero-order valence-electron chi connectivity index (χ0n) is 17.6. The molecule has 0 spiro atoms. The molecule has 0 aromatic heterocycles. The molecule has 1 saturated carbocycles. The largest absolute Gasteiger partial charge is 0.304 e. The van der Waals surface area contributed by atoms with Crippen LogP contribution in [0.3, 0.4) is 0 Å². The average molecular weight is 415 g/mol. The molecule has 0 heterocycles. The van der Waals surface area contributed by atoms with Gasteiger partial charge in [-0.15, -0.1) is 0 Å². The Labute approximate surface area is 174 Å². The molecule has 29 heavy (non-hydrogen) atoms. The highest BCUT2D eigenvalue weighted by Crippen LogP contribution is 2.34. The van der Waals surface area contributed by atoms with Gasteiger partial charge in [0.2, 0.25) is 0 Å². The van der Waals surface area contributed by atoms with Crippen LogP contribution in [0.25, 0.3) is 0 Å². The van der Waals surface area contributed by atoms with Gasteiger partial charge in [0, 0.05) is 11.6 Å². The predicted octanol–water partition coefficient (Wildman–Crippen LogP) is 4.27. The van der Waals surface area contributed by atoms with E-state index in [-0.39, 0.29) is 17.9 Å². The number of Topliss-reactive ketones (excluding diaryl/α,β-unsaturated/α-hetero) is 1. The fraction of sp³-hybridized carbons (Fsp3) is 0.435. The van der Waals surface area contributed by atoms with Gasteiger partial charge in [0.05, 0.1) is 16.6 Å². The number of nitrogens with zero attached hydrogens (tertiary/aromatic N) is 2. The maximum absolute atomic E-state index is 13.8. The van der Waals surface area contributed by atoms with E-state index in [4.69, 9.17) is 0 Å². The Balaban J connectivity index is 2.12. The number of carbonyl (C=O) groups is 1. The van der Waals surface area contributed by atoms with Crippen molar-refractivity contribution in [3.8, 4) is 0 Å². The van der Waals surface area contributed by atoms with Crippen molar-refractivity contribution in [2.45, 2.75) is 56.5 Å². The van der Waals surface area contributed by atoms with Crippen LogP contribution in [0.1, 0.15) is 48.5 Å². The minimum Gasteiger partial charge on any atom is -0.304 e. The van der Waals surface area contributed by atoms with Gasteiger partial charge >= 0.3 is 0 Å². The van der Waals surface area contributed by atoms with Crippen LogP contribution in [0.5, 0.6) is 0 Å². The van der Waals surface area contributed by atoms with Crippen molar-refractivity contribution < 1.29 is 13.2 Å². The number of rotatable bonds is 6. The summed E-state index contributed by atoms with van der Waals surface area (Å²) in [5.74, 6) is -0.0340. The Morgan fingerprint density at radius 2 is 1.45 bits per heavy atom. The van der Waals surface area contributed by atoms with E-state index < -0.39 is 10.0 Å². The van der Waals surface area contributed by atoms with E-state index in [1.807, 2.05) is 33.2 Å². The van der Waals surface area contributed by atoms with E-state index in [1.54, 1.807) is 40.7 Å². The summed E-state index contributed by atoms with van der Waals surface area (Å²) in [7, 11) is 0.277. The molecule has 1 aliphatic carbocycles. The van der Waals surface area contributed by atoms with Gasteiger partial charge in [0.15, 0.2) is 5.78 Å². The van der Waals surface area contributed by atoms with E-state index in [0.29, 0.717) is 16.1 Å². The van der Waals surface area contributed by atoms with Gasteiger partial charge in [-0.3, -0.25) is 9.10 Å². The van der Waals surface area contributed by atoms with Crippen molar-refractivity contribution in [1.82, 2.24) is 4.90 Å². The number of hydrogen-bond donors (Lipinski definition) is 0. The van der Waals surface area contributed by atoms with Crippen LogP contribution < -0.4 is 4.31 Å². The second-order valence-corrected chi connectivity index (χ2v) is 9.91. The molecule has 0 N–H and O–H groups in total. The van der Waals surface area contributed by atoms with Gasteiger partial charge in [-0.2, -0.15) is 0 Å². The molecule has 0 radical (unpaired) electrons. The molecular weight excluding hydrogens is 384 g/mol. The Morgan fingerprint density at radius 3 is 1.97 bits per heavy atom. The molecule has 0 bridgehead atoms. The number of benzene rings is 2. The van der Waals surface area contributed by atoms with Crippen LogP contribution >= 0.6 is 0 Å². The monoisotopic (exact) mass is 414 g/mol. The number of anilines is 1. The van der Waals surface area contributed by atoms with Crippen LogP contribution in [0.15, 0.2) is 53.4 Å². The highest BCUT2D eigenvalue weighted by molar-refractivity contribution is 7.92. The van der Waals surface area contributed by atoms with Crippen LogP contribution in [0.2, 0.25) is 0 Å². The zero-order chi connectivity index (χ0) is 21.2. The summed E-state index contributed by atoms with van der Waals surface area (Å²) >= 11 is 0. The van der Waals surface area contributed by atoms with Crippen molar-refractivity contribution in [3.05, 3.63) is 59.7 Å². The van der Waals surface area contributed by atoms with E-state index in [2.05, 4.69) is 4.90 Å². The zero-order valence-corrected chi connectivity index (χ0v) is 18.4. The quantitative estimate of drug-likeness (QED) is 0.663. The maximum atomic E-state index is 13.8. The number of ketones is 1. The first-order valence-electron chi connectivity index (χ1n) is 10.1. The van der Waals surface area contributed by atoms with Crippen LogP contribution in [0, 0.1) is 6.92 Å². The number of aryl methyl sites for hydroxylation is 1. The third-order valence-electron chi connectivity index (χ3n) is 5.76. The predicted molar refractivity (Wildman–Crippen MR) is 117 cm³/mol. The lowest BCUT2D eigenvalue weighted by molar-refractivity contribution is 0.101. The highest BCUT2D eigenvalue weighted by atomic mass is 32.2. The lowest BCUT2D eigenvalue weighted by atomic mass is 9.89. The van der Waals surface area contributed by atoms with Crippen molar-refractivity contribution >= 4 is 21.5 Å². The average Bonchev–Trinajstić information content (AvgIpc) is 2.69. The van der Waals surface area contributed by atoms with Crippen molar-refractivity contribution in [2.75, 3.05) is 18.4 Å². The normalized spacial score (nSPS) is 19.9. The lowest BCUT2D eigenvalue weighted by Gasteiger charge is -2.43. The Morgan fingerprint density at radius 1 is 0.897 bits per heavy atom. The first kappa shape index (κ1) is 21.5. The molecule has 5 nitrogen and oxygen atoms in total. The van der Waals surface area contributed by atoms with Crippen molar-refractivity contribution in [2.24, 2.45) is 0 Å². The molecule has 1 fully saturated rings. The van der Waals surface area contributed by atoms with Crippen LogP contribution in [-0.2, 0) is 10.0 Å². The summed E-state index contributed by atoms with van der Waals surface area (Å²) in [6, 6.07) is 13.9. The molecular formula is C23H30N2O3S. The van der Waals surface area contributed by atoms with Crippen molar-refractivity contribution in [3.63, 3.8) is 0 Å². The summed E-state index contributed by atoms with van der Waals surface area (Å²) in [4.78, 5) is 14.1. The first-order valence-corrected chi connectivity index (χ1v) is 11.5. The van der Waals surface area contributed by atoms with E-state index in [9.17, 15) is 13.2 Å². The standard InChI is InChI=1S/C23H30N2O3S/c1-17-9-15-21(16-10-17)29(27,28)25(20-13-11-19(12-14-20)18(2)26)23-8-6-5-7-22(23)24(3)4/h9-16,22-23H,5-8H2,1-4H3. The summed E-state index contributed by atoms with van der Waals surface area (Å²) in [6.07, 6.45) is 3.87. The molecule has 0 amide bonds. The van der Waals surface area contributed by atoms with Crippen molar-refractivity contribution in [1.29, 1.82) is 0 Å². The molecule has 2 aromatic rings. The third-order valence-corrected chi connectivity index (χ3v) is 7.63. The number of likely N-dealkylation sites (N-methyl/N-ethyl adjacent to an activating group) is 1. The van der Waals surface area contributed by atoms with Gasteiger partial charge < -0.3 is 4.90 Å². The van der Waals surface area contributed by atoms with E-state index in [0.717, 1.165) is 31.2 Å². The topological polar surface area (TPSA) is 57.7 Å². The van der Waals surface area contributed by atoms with Crippen LogP contribution in [-0.4, -0.2) is 45.3 Å². The third kappa shape index (κ3) is 4.54. The summed E-state index contributed by atoms with van der Waals surface area (Å²) in [5, 5.41) is 0. The number of hydrogen-bond acceptors (Lipinski definition) is 4. The molecule has 2 atom stereocenters. The van der Waals surface area contributed by atoms with Gasteiger partial charge in [-0.05, 0) is 77.2 Å². The minimum absolute atomic E-state index is 0.0340. The first-order chi connectivity index (χ1) is 13.7. The Kier molecular flexibility index (Phi) is 6.44. The summed E-state index contributed by atoms with van der Waals surface area (Å²) < 4.78 is 29.1. The molecule has 3 rings (SSSR count). The fourth-order valence-corrected chi connectivity index (χ4v) is 5.85. The van der Waals surface area contributed by atoms with E-state index >= 15 is 0 Å². The smallest absolute Gasteiger partial charge is 0.264 e. The summed E-state index contributed by atoms with van der Waals surface area (Å²) in [5.41, 5.74) is 2.20. The molecule has 1 aliphatic rings. The number of sulfonamides is 1. The Hall–Kier alpha value is -2.18. The lowest BCUT2D eigenvalue weighted by Crippen LogP contribution is -2.53. The molecule has 6 heteroatoms. The SMILES string of the molecule is CC(=O)c1ccc(N(C2CCCCC2N(C)C)S(=O)(=O)c2ccc(C)cc2)cc1. The van der Waals surface area contributed by atoms with E-state index in [1.165, 1.54) is 6.92 Å². The van der Waals surface area contributed by atoms with Gasteiger partial charge in [-0.25, -0.2) is 8.42 Å². The summed E-state index contributed by atoms with van der Waals surface area (Å²) in [6.45, 7) is 3.46. The van der Waals surface area contributed by atoms with Gasteiger partial charge in [-0.1, -0.05) is 30.5 Å². The fourth-order valence-electron chi connectivity index (χ4n) is 4.14. The molecule has 0 saturated heterocycles. The minimum atomic E-state index is -3.75. The molecule has 156 valence electrons. The van der Waals surface area contributed by atoms with Gasteiger partial charge in [0.25, 0.3) is 10.0 Å². The molecule has 0 aliphatic heterocycles. The maximum Gasteiger partial charge on any atom is 0.264 e. The molecule has 2 unspecified atom stereocenters. The second-order valence-electron chi connectivity index (χ2n) is 8.10.